The number of hydrogen-bond acceptors (Lipinski definition) is 3. The van der Waals surface area contributed by atoms with Gasteiger partial charge in [-0.1, -0.05) is 6.07 Å². The van der Waals surface area contributed by atoms with Gasteiger partial charge < -0.3 is 10.6 Å². The molecule has 0 aromatic heterocycles. The summed E-state index contributed by atoms with van der Waals surface area (Å²) in [6, 6.07) is 14.7. The molecule has 104 valence electrons. The molecule has 3 rings (SSSR count). The van der Waals surface area contributed by atoms with Crippen molar-refractivity contribution in [3.8, 4) is 6.07 Å². The van der Waals surface area contributed by atoms with E-state index in [9.17, 15) is 4.79 Å². The van der Waals surface area contributed by atoms with E-state index in [0.717, 1.165) is 25.2 Å². The van der Waals surface area contributed by atoms with Crippen molar-refractivity contribution < 1.29 is 4.79 Å². The number of carbonyl (C=O) groups is 1. The van der Waals surface area contributed by atoms with Crippen molar-refractivity contribution >= 4 is 11.6 Å². The Morgan fingerprint density at radius 2 is 1.95 bits per heavy atom. The van der Waals surface area contributed by atoms with Gasteiger partial charge in [0.05, 0.1) is 11.6 Å². The standard InChI is InChI=1S/C17H15N3O/c18-10-12-1-3-13(4-2-12)17(21)20-16-6-5-15-11-19-8-7-14(15)9-16/h1-6,9,19H,7-8,11H2,(H,20,21). The fraction of sp³-hybridized carbons (Fsp3) is 0.176. The Labute approximate surface area is 123 Å². The van der Waals surface area contributed by atoms with Crippen molar-refractivity contribution in [3.63, 3.8) is 0 Å². The first kappa shape index (κ1) is 13.3. The minimum Gasteiger partial charge on any atom is -0.322 e. The van der Waals surface area contributed by atoms with Crippen molar-refractivity contribution in [2.45, 2.75) is 13.0 Å². The molecular formula is C17H15N3O. The molecule has 1 aliphatic rings. The van der Waals surface area contributed by atoms with Crippen LogP contribution in [0.2, 0.25) is 0 Å². The van der Waals surface area contributed by atoms with Crippen molar-refractivity contribution in [3.05, 3.63) is 64.7 Å². The number of anilines is 1. The smallest absolute Gasteiger partial charge is 0.255 e. The molecule has 0 radical (unpaired) electrons. The van der Waals surface area contributed by atoms with Gasteiger partial charge in [-0.25, -0.2) is 0 Å². The highest BCUT2D eigenvalue weighted by Crippen LogP contribution is 2.19. The second kappa shape index (κ2) is 5.78. The number of rotatable bonds is 2. The number of amides is 1. The van der Waals surface area contributed by atoms with Crippen molar-refractivity contribution in [1.82, 2.24) is 5.32 Å². The van der Waals surface area contributed by atoms with Crippen molar-refractivity contribution in [2.24, 2.45) is 0 Å². The largest absolute Gasteiger partial charge is 0.322 e. The van der Waals surface area contributed by atoms with E-state index in [4.69, 9.17) is 5.26 Å². The van der Waals surface area contributed by atoms with E-state index in [-0.39, 0.29) is 5.91 Å². The molecule has 0 bridgehead atoms. The molecule has 0 saturated heterocycles. The van der Waals surface area contributed by atoms with E-state index in [0.29, 0.717) is 11.1 Å². The van der Waals surface area contributed by atoms with Crippen LogP contribution in [0.3, 0.4) is 0 Å². The Balaban J connectivity index is 1.76. The van der Waals surface area contributed by atoms with Gasteiger partial charge in [0.15, 0.2) is 0 Å². The molecule has 4 nitrogen and oxygen atoms in total. The Morgan fingerprint density at radius 1 is 1.14 bits per heavy atom. The first-order valence-corrected chi connectivity index (χ1v) is 6.90. The molecule has 0 aliphatic carbocycles. The van der Waals surface area contributed by atoms with Gasteiger partial charge in [-0.05, 0) is 60.5 Å². The molecule has 2 N–H and O–H groups in total. The third-order valence-electron chi connectivity index (χ3n) is 3.63. The van der Waals surface area contributed by atoms with E-state index < -0.39 is 0 Å². The Bertz CT molecular complexity index is 714. The van der Waals surface area contributed by atoms with Gasteiger partial charge in [0, 0.05) is 17.8 Å². The molecular weight excluding hydrogens is 262 g/mol. The minimum absolute atomic E-state index is 0.159. The molecule has 1 aliphatic heterocycles. The van der Waals surface area contributed by atoms with Crippen LogP contribution in [0.4, 0.5) is 5.69 Å². The molecule has 1 heterocycles. The number of fused-ring (bicyclic) bond motifs is 1. The molecule has 21 heavy (non-hydrogen) atoms. The maximum atomic E-state index is 12.2. The molecule has 0 saturated carbocycles. The second-order valence-electron chi connectivity index (χ2n) is 5.05. The zero-order chi connectivity index (χ0) is 14.7. The Hall–Kier alpha value is -2.64. The maximum Gasteiger partial charge on any atom is 0.255 e. The highest BCUT2D eigenvalue weighted by molar-refractivity contribution is 6.04. The maximum absolute atomic E-state index is 12.2. The quantitative estimate of drug-likeness (QED) is 0.886. The third-order valence-corrected chi connectivity index (χ3v) is 3.63. The zero-order valence-corrected chi connectivity index (χ0v) is 11.5. The summed E-state index contributed by atoms with van der Waals surface area (Å²) in [5, 5.41) is 15.0. The number of hydrogen-bond donors (Lipinski definition) is 2. The molecule has 0 spiro atoms. The number of benzene rings is 2. The summed E-state index contributed by atoms with van der Waals surface area (Å²) < 4.78 is 0. The first-order chi connectivity index (χ1) is 10.3. The fourth-order valence-electron chi connectivity index (χ4n) is 2.45. The Morgan fingerprint density at radius 3 is 2.71 bits per heavy atom. The van der Waals surface area contributed by atoms with Crippen LogP contribution in [0.25, 0.3) is 0 Å². The van der Waals surface area contributed by atoms with Gasteiger partial charge in [0.1, 0.15) is 0 Å². The topological polar surface area (TPSA) is 64.9 Å². The summed E-state index contributed by atoms with van der Waals surface area (Å²) >= 11 is 0. The van der Waals surface area contributed by atoms with E-state index in [1.54, 1.807) is 24.3 Å². The van der Waals surface area contributed by atoms with Crippen LogP contribution in [-0.4, -0.2) is 12.5 Å². The molecule has 0 atom stereocenters. The molecule has 0 unspecified atom stereocenters. The van der Waals surface area contributed by atoms with E-state index in [1.807, 2.05) is 18.2 Å². The minimum atomic E-state index is -0.159. The average molecular weight is 277 g/mol. The van der Waals surface area contributed by atoms with Crippen LogP contribution >= 0.6 is 0 Å². The highest BCUT2D eigenvalue weighted by Gasteiger charge is 2.11. The van der Waals surface area contributed by atoms with Crippen LogP contribution in [0.1, 0.15) is 27.0 Å². The van der Waals surface area contributed by atoms with Crippen LogP contribution in [0, 0.1) is 11.3 Å². The summed E-state index contributed by atoms with van der Waals surface area (Å²) in [7, 11) is 0. The van der Waals surface area contributed by atoms with Gasteiger partial charge >= 0.3 is 0 Å². The van der Waals surface area contributed by atoms with Crippen LogP contribution < -0.4 is 10.6 Å². The Kier molecular flexibility index (Phi) is 3.67. The average Bonchev–Trinajstić information content (AvgIpc) is 2.55. The molecule has 2 aromatic carbocycles. The normalized spacial score (nSPS) is 13.1. The summed E-state index contributed by atoms with van der Waals surface area (Å²) in [6.45, 7) is 1.86. The number of nitriles is 1. The lowest BCUT2D eigenvalue weighted by atomic mass is 10.0. The lowest BCUT2D eigenvalue weighted by molar-refractivity contribution is 0.102. The van der Waals surface area contributed by atoms with Gasteiger partial charge in [0.2, 0.25) is 0 Å². The van der Waals surface area contributed by atoms with E-state index >= 15 is 0 Å². The van der Waals surface area contributed by atoms with Crippen LogP contribution in [0.5, 0.6) is 0 Å². The van der Waals surface area contributed by atoms with Crippen molar-refractivity contribution in [2.75, 3.05) is 11.9 Å². The monoisotopic (exact) mass is 277 g/mol. The number of nitrogens with zero attached hydrogens (tertiary/aromatic N) is 1. The first-order valence-electron chi connectivity index (χ1n) is 6.90. The number of nitrogens with one attached hydrogen (secondary N) is 2. The van der Waals surface area contributed by atoms with Crippen LogP contribution in [-0.2, 0) is 13.0 Å². The predicted molar refractivity (Wildman–Crippen MR) is 81.0 cm³/mol. The van der Waals surface area contributed by atoms with Crippen LogP contribution in [0.15, 0.2) is 42.5 Å². The second-order valence-corrected chi connectivity index (χ2v) is 5.05. The molecule has 0 fully saturated rings. The summed E-state index contributed by atoms with van der Waals surface area (Å²) in [5.41, 5.74) is 4.48. The lowest BCUT2D eigenvalue weighted by Crippen LogP contribution is -2.23. The van der Waals surface area contributed by atoms with Gasteiger partial charge in [-0.3, -0.25) is 4.79 Å². The molecule has 2 aromatic rings. The molecule has 4 heteroatoms. The van der Waals surface area contributed by atoms with E-state index in [1.165, 1.54) is 11.1 Å². The molecule has 1 amide bonds. The van der Waals surface area contributed by atoms with E-state index in [2.05, 4.69) is 16.7 Å². The summed E-state index contributed by atoms with van der Waals surface area (Å²) in [4.78, 5) is 12.2. The fourth-order valence-corrected chi connectivity index (χ4v) is 2.45. The van der Waals surface area contributed by atoms with Gasteiger partial charge in [-0.15, -0.1) is 0 Å². The number of carbonyl (C=O) groups excluding carboxylic acids is 1. The van der Waals surface area contributed by atoms with Gasteiger partial charge in [-0.2, -0.15) is 5.26 Å². The zero-order valence-electron chi connectivity index (χ0n) is 11.5. The van der Waals surface area contributed by atoms with Gasteiger partial charge in [0.25, 0.3) is 5.91 Å². The highest BCUT2D eigenvalue weighted by atomic mass is 16.1. The SMILES string of the molecule is N#Cc1ccc(C(=O)Nc2ccc3c(c2)CCNC3)cc1. The van der Waals surface area contributed by atoms with Crippen molar-refractivity contribution in [1.29, 1.82) is 5.26 Å². The summed E-state index contributed by atoms with van der Waals surface area (Å²) in [6.07, 6.45) is 0.982. The predicted octanol–water partition coefficient (Wildman–Crippen LogP) is 2.46. The third kappa shape index (κ3) is 2.93. The summed E-state index contributed by atoms with van der Waals surface area (Å²) in [5.74, 6) is -0.159. The lowest BCUT2D eigenvalue weighted by Gasteiger charge is -2.18.